The number of carbonyl (C=O) groups excluding carboxylic acids is 2. The molecule has 1 aliphatic rings. The quantitative estimate of drug-likeness (QED) is 0.758. The molecule has 0 unspecified atom stereocenters. The van der Waals surface area contributed by atoms with Gasteiger partial charge in [-0.15, -0.1) is 0 Å². The maximum Gasteiger partial charge on any atom is 0.408 e. The van der Waals surface area contributed by atoms with Crippen LogP contribution in [0.25, 0.3) is 0 Å². The Bertz CT molecular complexity index is 364. The van der Waals surface area contributed by atoms with Crippen molar-refractivity contribution in [2.75, 3.05) is 26.2 Å². The lowest BCUT2D eigenvalue weighted by Crippen LogP contribution is -2.46. The lowest BCUT2D eigenvalue weighted by molar-refractivity contribution is -0.146. The zero-order valence-electron chi connectivity index (χ0n) is 15.8. The van der Waals surface area contributed by atoms with E-state index in [2.05, 4.69) is 31.0 Å². The fraction of sp³-hybridized carbons (Fsp3) is 0.882. The fourth-order valence-corrected chi connectivity index (χ4v) is 1.94. The average molecular weight is 330 g/mol. The van der Waals surface area contributed by atoms with Crippen LogP contribution >= 0.6 is 0 Å². The van der Waals surface area contributed by atoms with Crippen LogP contribution in [0.2, 0.25) is 0 Å². The first-order valence-corrected chi connectivity index (χ1v) is 8.54. The summed E-state index contributed by atoms with van der Waals surface area (Å²) in [4.78, 5) is 25.4. The summed E-state index contributed by atoms with van der Waals surface area (Å²) in [6.45, 7) is 17.5. The highest BCUT2D eigenvalue weighted by molar-refractivity contribution is 5.88. The van der Waals surface area contributed by atoms with Crippen LogP contribution in [-0.2, 0) is 14.3 Å². The van der Waals surface area contributed by atoms with Gasteiger partial charge in [0, 0.05) is 0 Å². The van der Waals surface area contributed by atoms with Crippen LogP contribution < -0.4 is 5.32 Å². The summed E-state index contributed by atoms with van der Waals surface area (Å²) in [7, 11) is 0. The molecule has 0 atom stereocenters. The number of carbonyl (C=O) groups is 2. The summed E-state index contributed by atoms with van der Waals surface area (Å²) >= 11 is 0. The van der Waals surface area contributed by atoms with E-state index < -0.39 is 17.2 Å². The first-order chi connectivity index (χ1) is 10.6. The van der Waals surface area contributed by atoms with Gasteiger partial charge in [-0.05, 0) is 60.2 Å². The number of hydrogen-bond acceptors (Lipinski definition) is 5. The first kappa shape index (κ1) is 21.7. The SMILES string of the molecule is CCN(CC)CC.CCOC(=O)C1(NC(=O)OC(C)(C)C)CC1. The summed E-state index contributed by atoms with van der Waals surface area (Å²) in [5, 5.41) is 2.57. The first-order valence-electron chi connectivity index (χ1n) is 8.54. The third-order valence-corrected chi connectivity index (χ3v) is 3.50. The summed E-state index contributed by atoms with van der Waals surface area (Å²) in [5.41, 5.74) is -1.40. The normalized spacial score (nSPS) is 15.3. The molecule has 0 bridgehead atoms. The molecule has 0 aromatic carbocycles. The number of amides is 1. The molecule has 6 nitrogen and oxygen atoms in total. The summed E-state index contributed by atoms with van der Waals surface area (Å²) in [6, 6.07) is 0. The lowest BCUT2D eigenvalue weighted by Gasteiger charge is -2.22. The average Bonchev–Trinajstić information content (AvgIpc) is 3.20. The van der Waals surface area contributed by atoms with Gasteiger partial charge in [-0.3, -0.25) is 0 Å². The van der Waals surface area contributed by atoms with E-state index in [-0.39, 0.29) is 5.97 Å². The van der Waals surface area contributed by atoms with E-state index in [1.165, 1.54) is 19.6 Å². The van der Waals surface area contributed by atoms with Crippen molar-refractivity contribution in [1.29, 1.82) is 0 Å². The molecular formula is C17H34N2O4. The molecule has 23 heavy (non-hydrogen) atoms. The summed E-state index contributed by atoms with van der Waals surface area (Å²) < 4.78 is 9.97. The maximum atomic E-state index is 11.5. The highest BCUT2D eigenvalue weighted by Gasteiger charge is 2.53. The van der Waals surface area contributed by atoms with Crippen LogP contribution in [0.5, 0.6) is 0 Å². The third-order valence-electron chi connectivity index (χ3n) is 3.50. The maximum absolute atomic E-state index is 11.5. The second kappa shape index (κ2) is 9.75. The molecule has 1 rings (SSSR count). The monoisotopic (exact) mass is 330 g/mol. The largest absolute Gasteiger partial charge is 0.464 e. The van der Waals surface area contributed by atoms with Crippen LogP contribution in [0.15, 0.2) is 0 Å². The molecule has 1 N–H and O–H groups in total. The number of hydrogen-bond donors (Lipinski definition) is 1. The van der Waals surface area contributed by atoms with Crippen molar-refractivity contribution in [2.45, 2.75) is 72.4 Å². The zero-order valence-corrected chi connectivity index (χ0v) is 15.8. The topological polar surface area (TPSA) is 67.9 Å². The Morgan fingerprint density at radius 2 is 1.52 bits per heavy atom. The number of ether oxygens (including phenoxy) is 2. The van der Waals surface area contributed by atoms with Crippen molar-refractivity contribution in [2.24, 2.45) is 0 Å². The van der Waals surface area contributed by atoms with Gasteiger partial charge < -0.3 is 19.7 Å². The zero-order chi connectivity index (χ0) is 18.1. The number of nitrogens with zero attached hydrogens (tertiary/aromatic N) is 1. The van der Waals surface area contributed by atoms with Crippen molar-refractivity contribution in [3.05, 3.63) is 0 Å². The Morgan fingerprint density at radius 3 is 1.78 bits per heavy atom. The second-order valence-electron chi connectivity index (χ2n) is 6.55. The molecule has 0 saturated heterocycles. The minimum Gasteiger partial charge on any atom is -0.464 e. The van der Waals surface area contributed by atoms with Gasteiger partial charge in [0.2, 0.25) is 0 Å². The Balaban J connectivity index is 0.000000585. The Labute approximate surface area is 140 Å². The van der Waals surface area contributed by atoms with E-state index in [4.69, 9.17) is 9.47 Å². The molecule has 0 aromatic rings. The molecule has 0 spiro atoms. The molecular weight excluding hydrogens is 296 g/mol. The third kappa shape index (κ3) is 8.79. The minimum absolute atomic E-state index is 0.316. The van der Waals surface area contributed by atoms with Crippen LogP contribution in [0.1, 0.15) is 61.3 Å². The molecule has 0 aromatic heterocycles. The number of rotatable bonds is 6. The van der Waals surface area contributed by atoms with Crippen molar-refractivity contribution in [1.82, 2.24) is 10.2 Å². The minimum atomic E-state index is -0.835. The molecule has 0 heterocycles. The van der Waals surface area contributed by atoms with Gasteiger partial charge in [0.05, 0.1) is 6.61 Å². The van der Waals surface area contributed by atoms with Gasteiger partial charge >= 0.3 is 12.1 Å². The smallest absolute Gasteiger partial charge is 0.408 e. The van der Waals surface area contributed by atoms with Gasteiger partial charge in [-0.2, -0.15) is 0 Å². The van der Waals surface area contributed by atoms with Crippen molar-refractivity contribution < 1.29 is 19.1 Å². The fourth-order valence-electron chi connectivity index (χ4n) is 1.94. The highest BCUT2D eigenvalue weighted by Crippen LogP contribution is 2.36. The molecule has 1 saturated carbocycles. The predicted molar refractivity (Wildman–Crippen MR) is 91.4 cm³/mol. The van der Waals surface area contributed by atoms with E-state index >= 15 is 0 Å². The van der Waals surface area contributed by atoms with Gasteiger partial charge in [-0.25, -0.2) is 9.59 Å². The van der Waals surface area contributed by atoms with Crippen molar-refractivity contribution in [3.8, 4) is 0 Å². The Kier molecular flexibility index (Phi) is 9.20. The van der Waals surface area contributed by atoms with Gasteiger partial charge in [0.1, 0.15) is 11.1 Å². The summed E-state index contributed by atoms with van der Waals surface area (Å²) in [6.07, 6.45) is 0.661. The van der Waals surface area contributed by atoms with Gasteiger partial charge in [-0.1, -0.05) is 20.8 Å². The van der Waals surface area contributed by atoms with E-state index in [0.717, 1.165) is 0 Å². The molecule has 136 valence electrons. The van der Waals surface area contributed by atoms with Gasteiger partial charge in [0.15, 0.2) is 0 Å². The van der Waals surface area contributed by atoms with Crippen molar-refractivity contribution in [3.63, 3.8) is 0 Å². The van der Waals surface area contributed by atoms with Crippen LogP contribution in [-0.4, -0.2) is 54.3 Å². The van der Waals surface area contributed by atoms with Gasteiger partial charge in [0.25, 0.3) is 0 Å². The molecule has 1 fully saturated rings. The van der Waals surface area contributed by atoms with Crippen LogP contribution in [0, 0.1) is 0 Å². The van der Waals surface area contributed by atoms with Crippen LogP contribution in [0.3, 0.4) is 0 Å². The lowest BCUT2D eigenvalue weighted by atomic mass is 10.2. The van der Waals surface area contributed by atoms with E-state index in [0.29, 0.717) is 19.4 Å². The number of alkyl carbamates (subject to hydrolysis) is 1. The molecule has 1 aliphatic carbocycles. The summed E-state index contributed by atoms with van der Waals surface area (Å²) in [5.74, 6) is -0.374. The molecule has 0 radical (unpaired) electrons. The molecule has 6 heteroatoms. The van der Waals surface area contributed by atoms with Crippen LogP contribution in [0.4, 0.5) is 4.79 Å². The Hall–Kier alpha value is -1.30. The molecule has 1 amide bonds. The second-order valence-corrected chi connectivity index (χ2v) is 6.55. The Morgan fingerprint density at radius 1 is 1.04 bits per heavy atom. The standard InChI is InChI=1S/C11H19NO4.C6H15N/c1-5-15-8(13)11(6-7-11)12-9(14)16-10(2,3)4;1-4-7(5-2)6-3/h5-7H2,1-4H3,(H,12,14);4-6H2,1-3H3. The van der Waals surface area contributed by atoms with E-state index in [1.54, 1.807) is 27.7 Å². The predicted octanol–water partition coefficient (Wildman–Crippen LogP) is 2.95. The number of nitrogens with one attached hydrogen (secondary N) is 1. The van der Waals surface area contributed by atoms with Crippen molar-refractivity contribution >= 4 is 12.1 Å². The molecule has 0 aliphatic heterocycles. The number of esters is 1. The highest BCUT2D eigenvalue weighted by atomic mass is 16.6. The van der Waals surface area contributed by atoms with E-state index in [1.807, 2.05) is 0 Å². The van der Waals surface area contributed by atoms with E-state index in [9.17, 15) is 9.59 Å².